The zero-order valence-corrected chi connectivity index (χ0v) is 13.4. The van der Waals surface area contributed by atoms with Gasteiger partial charge >= 0.3 is 0 Å². The van der Waals surface area contributed by atoms with Gasteiger partial charge in [-0.1, -0.05) is 23.8 Å². The van der Waals surface area contributed by atoms with E-state index in [0.717, 1.165) is 22.3 Å². The third-order valence-corrected chi connectivity index (χ3v) is 5.72. The lowest BCUT2D eigenvalue weighted by molar-refractivity contribution is 0.363. The van der Waals surface area contributed by atoms with Crippen LogP contribution in [0.1, 0.15) is 11.1 Å². The Balaban J connectivity index is 1.93. The summed E-state index contributed by atoms with van der Waals surface area (Å²) in [6, 6.07) is 12.4. The molecule has 2 heterocycles. The van der Waals surface area contributed by atoms with Crippen LogP contribution in [0, 0.1) is 6.92 Å². The van der Waals surface area contributed by atoms with Gasteiger partial charge in [0.05, 0.1) is 10.4 Å². The summed E-state index contributed by atoms with van der Waals surface area (Å²) in [6.07, 6.45) is 5.51. The Hall–Kier alpha value is -2.53. The fraction of sp³-hybridized carbons (Fsp3) is 0.111. The van der Waals surface area contributed by atoms with Gasteiger partial charge < -0.3 is 4.74 Å². The maximum Gasteiger partial charge on any atom is 0.268 e. The molecule has 0 aliphatic carbocycles. The van der Waals surface area contributed by atoms with Gasteiger partial charge in [-0.25, -0.2) is 12.4 Å². The third kappa shape index (κ3) is 2.16. The van der Waals surface area contributed by atoms with Gasteiger partial charge in [-0.2, -0.15) is 0 Å². The predicted octanol–water partition coefficient (Wildman–Crippen LogP) is 3.59. The van der Waals surface area contributed by atoms with E-state index in [1.165, 1.54) is 3.97 Å². The molecule has 4 rings (SSSR count). The van der Waals surface area contributed by atoms with Gasteiger partial charge in [-0.3, -0.25) is 0 Å². The van der Waals surface area contributed by atoms with Gasteiger partial charge in [0.1, 0.15) is 12.4 Å². The van der Waals surface area contributed by atoms with E-state index in [-0.39, 0.29) is 4.90 Å². The molecule has 0 fully saturated rings. The first kappa shape index (κ1) is 14.1. The zero-order valence-electron chi connectivity index (χ0n) is 12.6. The number of aryl methyl sites for hydroxylation is 1. The summed E-state index contributed by atoms with van der Waals surface area (Å²) in [5, 5.41) is 0.808. The second kappa shape index (κ2) is 4.99. The zero-order chi connectivity index (χ0) is 16.0. The van der Waals surface area contributed by atoms with E-state index in [1.807, 2.05) is 31.2 Å². The minimum atomic E-state index is -3.62. The predicted molar refractivity (Wildman–Crippen MR) is 90.2 cm³/mol. The van der Waals surface area contributed by atoms with E-state index >= 15 is 0 Å². The number of hydrogen-bond acceptors (Lipinski definition) is 3. The van der Waals surface area contributed by atoms with E-state index in [9.17, 15) is 8.42 Å². The number of benzene rings is 2. The molecule has 1 aliphatic heterocycles. The lowest BCUT2D eigenvalue weighted by Gasteiger charge is -2.14. The number of rotatable bonds is 2. The van der Waals surface area contributed by atoms with Crippen LogP contribution in [0.2, 0.25) is 0 Å². The minimum Gasteiger partial charge on any atom is -0.488 e. The van der Waals surface area contributed by atoms with E-state index in [0.29, 0.717) is 12.1 Å². The molecule has 0 radical (unpaired) electrons. The molecule has 1 aromatic heterocycles. The Morgan fingerprint density at radius 1 is 1.04 bits per heavy atom. The number of hydrogen-bond donors (Lipinski definition) is 0. The van der Waals surface area contributed by atoms with Crippen LogP contribution >= 0.6 is 0 Å². The van der Waals surface area contributed by atoms with Crippen molar-refractivity contribution in [3.05, 3.63) is 65.9 Å². The summed E-state index contributed by atoms with van der Waals surface area (Å²) in [5.41, 5.74) is 2.62. The Morgan fingerprint density at radius 2 is 1.83 bits per heavy atom. The average Bonchev–Trinajstić information content (AvgIpc) is 3.00. The molecule has 0 saturated carbocycles. The van der Waals surface area contributed by atoms with E-state index < -0.39 is 10.0 Å². The number of ether oxygens (including phenoxy) is 1. The first-order valence-electron chi connectivity index (χ1n) is 7.33. The largest absolute Gasteiger partial charge is 0.488 e. The van der Waals surface area contributed by atoms with Gasteiger partial charge in [0, 0.05) is 17.1 Å². The molecule has 0 saturated heterocycles. The first-order valence-corrected chi connectivity index (χ1v) is 8.77. The standard InChI is InChI=1S/C18H15NO3S/c1-13-4-7-15(8-5-13)23(20,21)19-11-10-16-17(19)9-6-14-3-2-12-22-18(14)16/h2-11H,12H2,1H3. The Bertz CT molecular complexity index is 1030. The van der Waals surface area contributed by atoms with Crippen LogP contribution in [0.5, 0.6) is 5.75 Å². The lowest BCUT2D eigenvalue weighted by Crippen LogP contribution is -2.12. The van der Waals surface area contributed by atoms with E-state index in [1.54, 1.807) is 36.5 Å². The Labute approximate surface area is 134 Å². The van der Waals surface area contributed by atoms with Crippen molar-refractivity contribution in [3.63, 3.8) is 0 Å². The molecule has 0 bridgehead atoms. The number of nitrogens with zero attached hydrogens (tertiary/aromatic N) is 1. The van der Waals surface area contributed by atoms with E-state index in [2.05, 4.69) is 0 Å². The van der Waals surface area contributed by atoms with Crippen LogP contribution in [0.25, 0.3) is 17.0 Å². The van der Waals surface area contributed by atoms with Crippen LogP contribution in [0.15, 0.2) is 59.6 Å². The van der Waals surface area contributed by atoms with Crippen molar-refractivity contribution in [1.29, 1.82) is 0 Å². The molecule has 116 valence electrons. The summed E-state index contributed by atoms with van der Waals surface area (Å²) >= 11 is 0. The van der Waals surface area contributed by atoms with Crippen molar-refractivity contribution >= 4 is 27.0 Å². The van der Waals surface area contributed by atoms with Crippen molar-refractivity contribution in [1.82, 2.24) is 3.97 Å². The number of fused-ring (bicyclic) bond motifs is 3. The van der Waals surface area contributed by atoms with Gasteiger partial charge in [-0.05, 0) is 43.3 Å². The molecule has 5 heteroatoms. The second-order valence-corrected chi connectivity index (χ2v) is 7.37. The van der Waals surface area contributed by atoms with Crippen molar-refractivity contribution in [2.24, 2.45) is 0 Å². The fourth-order valence-electron chi connectivity index (χ4n) is 2.81. The monoisotopic (exact) mass is 325 g/mol. The fourth-order valence-corrected chi connectivity index (χ4v) is 4.16. The topological polar surface area (TPSA) is 48.3 Å². The molecule has 3 aromatic rings. The van der Waals surface area contributed by atoms with Crippen LogP contribution in [-0.4, -0.2) is 19.0 Å². The highest BCUT2D eigenvalue weighted by Crippen LogP contribution is 2.34. The SMILES string of the molecule is Cc1ccc(S(=O)(=O)n2ccc3c4c(ccc32)C=CCO4)cc1. The van der Waals surface area contributed by atoms with Crippen molar-refractivity contribution < 1.29 is 13.2 Å². The molecule has 2 aromatic carbocycles. The van der Waals surface area contributed by atoms with Crippen LogP contribution < -0.4 is 4.74 Å². The highest BCUT2D eigenvalue weighted by molar-refractivity contribution is 7.90. The van der Waals surface area contributed by atoms with Crippen LogP contribution in [-0.2, 0) is 10.0 Å². The van der Waals surface area contributed by atoms with Gasteiger partial charge in [-0.15, -0.1) is 0 Å². The van der Waals surface area contributed by atoms with Gasteiger partial charge in [0.25, 0.3) is 10.0 Å². The normalized spacial score (nSPS) is 13.8. The third-order valence-electron chi connectivity index (χ3n) is 4.02. The summed E-state index contributed by atoms with van der Waals surface area (Å²) in [5.74, 6) is 0.739. The van der Waals surface area contributed by atoms with E-state index in [4.69, 9.17) is 4.74 Å². The van der Waals surface area contributed by atoms with Crippen LogP contribution in [0.3, 0.4) is 0 Å². The molecular weight excluding hydrogens is 310 g/mol. The summed E-state index contributed by atoms with van der Waals surface area (Å²) in [4.78, 5) is 0.277. The smallest absolute Gasteiger partial charge is 0.268 e. The highest BCUT2D eigenvalue weighted by Gasteiger charge is 2.21. The first-order chi connectivity index (χ1) is 11.1. The Morgan fingerprint density at radius 3 is 2.61 bits per heavy atom. The summed E-state index contributed by atoms with van der Waals surface area (Å²) in [7, 11) is -3.62. The molecule has 0 atom stereocenters. The van der Waals surface area contributed by atoms with Gasteiger partial charge in [0.2, 0.25) is 0 Å². The van der Waals surface area contributed by atoms with Gasteiger partial charge in [0.15, 0.2) is 0 Å². The molecular formula is C18H15NO3S. The number of aromatic nitrogens is 1. The molecule has 4 nitrogen and oxygen atoms in total. The molecule has 0 spiro atoms. The molecule has 23 heavy (non-hydrogen) atoms. The minimum absolute atomic E-state index is 0.277. The Kier molecular flexibility index (Phi) is 3.06. The quantitative estimate of drug-likeness (QED) is 0.723. The maximum atomic E-state index is 12.9. The molecule has 1 aliphatic rings. The maximum absolute atomic E-state index is 12.9. The van der Waals surface area contributed by atoms with Crippen molar-refractivity contribution in [2.75, 3.05) is 6.61 Å². The summed E-state index contributed by atoms with van der Waals surface area (Å²) < 4.78 is 32.8. The second-order valence-electron chi connectivity index (χ2n) is 5.56. The lowest BCUT2D eigenvalue weighted by atomic mass is 10.1. The van der Waals surface area contributed by atoms with Crippen molar-refractivity contribution in [2.45, 2.75) is 11.8 Å². The van der Waals surface area contributed by atoms with Crippen LogP contribution in [0.4, 0.5) is 0 Å². The average molecular weight is 325 g/mol. The molecule has 0 N–H and O–H groups in total. The summed E-state index contributed by atoms with van der Waals surface area (Å²) in [6.45, 7) is 2.43. The van der Waals surface area contributed by atoms with Crippen molar-refractivity contribution in [3.8, 4) is 5.75 Å². The highest BCUT2D eigenvalue weighted by atomic mass is 32.2. The molecule has 0 amide bonds. The molecule has 0 unspecified atom stereocenters.